The molecule has 2 aromatic rings. The number of hydrogen-bond donors (Lipinski definition) is 2. The van der Waals surface area contributed by atoms with Crippen LogP contribution in [0.1, 0.15) is 11.1 Å². The van der Waals surface area contributed by atoms with Crippen LogP contribution in [0.5, 0.6) is 5.88 Å². The molecule has 0 aliphatic carbocycles. The third-order valence-corrected chi connectivity index (χ3v) is 3.15. The number of pyridine rings is 1. The minimum atomic E-state index is -0.103. The molecule has 0 bridgehead atoms. The Balaban J connectivity index is 2.16. The van der Waals surface area contributed by atoms with Crippen LogP contribution in [0.15, 0.2) is 41.7 Å². The Kier molecular flexibility index (Phi) is 4.65. The molecule has 0 saturated carbocycles. The van der Waals surface area contributed by atoms with E-state index in [-0.39, 0.29) is 23.3 Å². The molecule has 0 unspecified atom stereocenters. The Morgan fingerprint density at radius 2 is 1.95 bits per heavy atom. The first-order valence-electron chi connectivity index (χ1n) is 5.61. The molecule has 5 nitrogen and oxygen atoms in total. The van der Waals surface area contributed by atoms with E-state index in [1.54, 1.807) is 12.1 Å². The summed E-state index contributed by atoms with van der Waals surface area (Å²) in [4.78, 5) is 4.02. The van der Waals surface area contributed by atoms with Gasteiger partial charge in [-0.25, -0.2) is 4.98 Å². The van der Waals surface area contributed by atoms with E-state index >= 15 is 0 Å². The average molecular weight is 312 g/mol. The van der Waals surface area contributed by atoms with Gasteiger partial charge in [-0.2, -0.15) is 0 Å². The monoisotopic (exact) mass is 311 g/mol. The van der Waals surface area contributed by atoms with Gasteiger partial charge >= 0.3 is 0 Å². The molecule has 1 aromatic heterocycles. The fourth-order valence-corrected chi connectivity index (χ4v) is 1.90. The van der Waals surface area contributed by atoms with Gasteiger partial charge < -0.3 is 15.7 Å². The van der Waals surface area contributed by atoms with Gasteiger partial charge in [0.15, 0.2) is 5.84 Å². The van der Waals surface area contributed by atoms with Gasteiger partial charge in [-0.3, -0.25) is 0 Å². The Bertz CT molecular complexity index is 630. The predicted octanol–water partition coefficient (Wildman–Crippen LogP) is 3.06. The van der Waals surface area contributed by atoms with Crippen LogP contribution in [0.4, 0.5) is 0 Å². The summed E-state index contributed by atoms with van der Waals surface area (Å²) in [5.74, 6) is 0.111. The molecule has 104 valence electrons. The van der Waals surface area contributed by atoms with Gasteiger partial charge in [-0.15, -0.1) is 0 Å². The zero-order valence-electron chi connectivity index (χ0n) is 10.3. The highest BCUT2D eigenvalue weighted by atomic mass is 35.5. The summed E-state index contributed by atoms with van der Waals surface area (Å²) < 4.78 is 5.52. The van der Waals surface area contributed by atoms with Crippen molar-refractivity contribution in [2.45, 2.75) is 6.61 Å². The summed E-state index contributed by atoms with van der Waals surface area (Å²) in [5.41, 5.74) is 6.78. The van der Waals surface area contributed by atoms with Crippen LogP contribution in [-0.4, -0.2) is 16.0 Å². The number of ether oxygens (including phenoxy) is 1. The highest BCUT2D eigenvalue weighted by Crippen LogP contribution is 2.26. The molecule has 7 heteroatoms. The van der Waals surface area contributed by atoms with E-state index in [0.717, 1.165) is 5.56 Å². The van der Waals surface area contributed by atoms with Gasteiger partial charge in [-0.1, -0.05) is 40.5 Å². The van der Waals surface area contributed by atoms with E-state index in [4.69, 9.17) is 38.9 Å². The van der Waals surface area contributed by atoms with Gasteiger partial charge in [0.1, 0.15) is 11.6 Å². The Morgan fingerprint density at radius 1 is 1.25 bits per heavy atom. The number of benzene rings is 1. The summed E-state index contributed by atoms with van der Waals surface area (Å²) in [7, 11) is 0. The van der Waals surface area contributed by atoms with Crippen molar-refractivity contribution >= 4 is 29.0 Å². The largest absolute Gasteiger partial charge is 0.472 e. The van der Waals surface area contributed by atoms with Crippen molar-refractivity contribution in [2.75, 3.05) is 0 Å². The first-order valence-corrected chi connectivity index (χ1v) is 6.37. The molecule has 1 aromatic carbocycles. The Hall–Kier alpha value is -1.98. The molecule has 1 heterocycles. The molecule has 0 spiro atoms. The number of halogens is 2. The van der Waals surface area contributed by atoms with Crippen molar-refractivity contribution in [2.24, 2.45) is 10.9 Å². The zero-order valence-corrected chi connectivity index (χ0v) is 11.8. The molecule has 0 fully saturated rings. The highest BCUT2D eigenvalue weighted by molar-refractivity contribution is 6.35. The van der Waals surface area contributed by atoms with E-state index in [1.807, 2.05) is 12.1 Å². The van der Waals surface area contributed by atoms with Crippen molar-refractivity contribution < 1.29 is 9.94 Å². The van der Waals surface area contributed by atoms with Gasteiger partial charge in [0.25, 0.3) is 0 Å². The highest BCUT2D eigenvalue weighted by Gasteiger charge is 2.12. The lowest BCUT2D eigenvalue weighted by Crippen LogP contribution is -2.14. The van der Waals surface area contributed by atoms with E-state index in [1.165, 1.54) is 12.3 Å². The predicted molar refractivity (Wildman–Crippen MR) is 77.5 cm³/mol. The second kappa shape index (κ2) is 6.45. The van der Waals surface area contributed by atoms with E-state index in [2.05, 4.69) is 10.1 Å². The summed E-state index contributed by atoms with van der Waals surface area (Å²) >= 11 is 11.9. The first-order chi connectivity index (χ1) is 9.61. The minimum Gasteiger partial charge on any atom is -0.472 e. The van der Waals surface area contributed by atoms with Gasteiger partial charge in [-0.05, 0) is 23.8 Å². The minimum absolute atomic E-state index is 0.103. The van der Waals surface area contributed by atoms with E-state index in [9.17, 15) is 0 Å². The first kappa shape index (κ1) is 14.4. The number of amidine groups is 1. The molecular weight excluding hydrogens is 301 g/mol. The van der Waals surface area contributed by atoms with Crippen LogP contribution < -0.4 is 10.5 Å². The van der Waals surface area contributed by atoms with Gasteiger partial charge in [0.05, 0.1) is 0 Å². The number of rotatable bonds is 4. The fraction of sp³-hybridized carbons (Fsp3) is 0.0769. The van der Waals surface area contributed by atoms with Gasteiger partial charge in [0.2, 0.25) is 5.88 Å². The lowest BCUT2D eigenvalue weighted by molar-refractivity contribution is 0.294. The molecule has 0 aliphatic heterocycles. The summed E-state index contributed by atoms with van der Waals surface area (Å²) in [6.45, 7) is 0.281. The molecule has 0 saturated heterocycles. The van der Waals surface area contributed by atoms with Crippen LogP contribution in [0.25, 0.3) is 0 Å². The van der Waals surface area contributed by atoms with Crippen molar-refractivity contribution in [3.63, 3.8) is 0 Å². The smallest absolute Gasteiger partial charge is 0.233 e. The summed E-state index contributed by atoms with van der Waals surface area (Å²) in [6.07, 6.45) is 1.47. The molecule has 3 N–H and O–H groups in total. The standard InChI is InChI=1S/C13H11Cl2N3O2/c14-9-3-1-8(2-4-9)7-20-13-11(15)10(5-6-17-13)12(16)18-19/h1-6,19H,7H2,(H2,16,18). The average Bonchev–Trinajstić information content (AvgIpc) is 2.47. The number of hydrogen-bond acceptors (Lipinski definition) is 4. The molecule has 20 heavy (non-hydrogen) atoms. The van der Waals surface area contributed by atoms with Crippen molar-refractivity contribution in [1.82, 2.24) is 4.98 Å². The fourth-order valence-electron chi connectivity index (χ4n) is 1.51. The van der Waals surface area contributed by atoms with E-state index < -0.39 is 0 Å². The lowest BCUT2D eigenvalue weighted by atomic mass is 10.2. The maximum atomic E-state index is 8.67. The zero-order chi connectivity index (χ0) is 14.5. The van der Waals surface area contributed by atoms with Crippen molar-refractivity contribution in [3.05, 3.63) is 57.7 Å². The molecule has 2 rings (SSSR count). The second-order valence-electron chi connectivity index (χ2n) is 3.88. The second-order valence-corrected chi connectivity index (χ2v) is 4.69. The molecular formula is C13H11Cl2N3O2. The number of nitrogens with zero attached hydrogens (tertiary/aromatic N) is 2. The number of aromatic nitrogens is 1. The van der Waals surface area contributed by atoms with Crippen molar-refractivity contribution in [1.29, 1.82) is 0 Å². The maximum absolute atomic E-state index is 8.67. The van der Waals surface area contributed by atoms with Crippen LogP contribution in [0.2, 0.25) is 10.0 Å². The number of nitrogens with two attached hydrogens (primary N) is 1. The Labute approximate surface area is 125 Å². The van der Waals surface area contributed by atoms with Crippen LogP contribution in [0, 0.1) is 0 Å². The topological polar surface area (TPSA) is 80.7 Å². The third kappa shape index (κ3) is 3.31. The van der Waals surface area contributed by atoms with E-state index in [0.29, 0.717) is 10.6 Å². The van der Waals surface area contributed by atoms with Crippen LogP contribution in [0.3, 0.4) is 0 Å². The molecule has 0 aliphatic rings. The molecule has 0 amide bonds. The molecule has 0 atom stereocenters. The van der Waals surface area contributed by atoms with Gasteiger partial charge in [0, 0.05) is 16.8 Å². The quantitative estimate of drug-likeness (QED) is 0.393. The maximum Gasteiger partial charge on any atom is 0.233 e. The Morgan fingerprint density at radius 3 is 2.60 bits per heavy atom. The third-order valence-electron chi connectivity index (χ3n) is 2.53. The SMILES string of the molecule is N/C(=N/O)c1ccnc(OCc2ccc(Cl)cc2)c1Cl. The normalized spacial score (nSPS) is 11.4. The van der Waals surface area contributed by atoms with Crippen molar-refractivity contribution in [3.8, 4) is 5.88 Å². The summed E-state index contributed by atoms with van der Waals surface area (Å²) in [5, 5.41) is 12.4. The van der Waals surface area contributed by atoms with Crippen LogP contribution >= 0.6 is 23.2 Å². The lowest BCUT2D eigenvalue weighted by Gasteiger charge is -2.09. The summed E-state index contributed by atoms with van der Waals surface area (Å²) in [6, 6.07) is 8.74. The molecule has 0 radical (unpaired) electrons. The number of oxime groups is 1. The van der Waals surface area contributed by atoms with Crippen LogP contribution in [-0.2, 0) is 6.61 Å².